The van der Waals surface area contributed by atoms with E-state index in [9.17, 15) is 9.59 Å². The Balaban J connectivity index is 2.17. The topological polar surface area (TPSA) is 62.6 Å². The van der Waals surface area contributed by atoms with Crippen LogP contribution in [0.1, 0.15) is 24.1 Å². The number of quaternary nitrogens is 1. The van der Waals surface area contributed by atoms with Crippen LogP contribution in [0.5, 0.6) is 0 Å². The van der Waals surface area contributed by atoms with Crippen molar-refractivity contribution in [2.24, 2.45) is 0 Å². The Morgan fingerprint density at radius 1 is 1.22 bits per heavy atom. The van der Waals surface area contributed by atoms with Crippen LogP contribution in [-0.2, 0) is 11.3 Å². The number of thiophene rings is 1. The van der Waals surface area contributed by atoms with Crippen molar-refractivity contribution < 1.29 is 14.5 Å². The number of urea groups is 1. The van der Waals surface area contributed by atoms with Gasteiger partial charge in [-0.3, -0.25) is 10.1 Å². The predicted molar refractivity (Wildman–Crippen MR) is 91.3 cm³/mol. The predicted octanol–water partition coefficient (Wildman–Crippen LogP) is 1.35. The van der Waals surface area contributed by atoms with Crippen molar-refractivity contribution in [1.29, 1.82) is 0 Å². The van der Waals surface area contributed by atoms with Crippen molar-refractivity contribution in [3.63, 3.8) is 0 Å². The zero-order chi connectivity index (χ0) is 16.7. The van der Waals surface area contributed by atoms with Gasteiger partial charge in [0.05, 0.1) is 7.05 Å². The molecule has 0 fully saturated rings. The first-order valence-corrected chi connectivity index (χ1v) is 8.53. The van der Waals surface area contributed by atoms with Crippen LogP contribution in [0.2, 0.25) is 0 Å². The van der Waals surface area contributed by atoms with Gasteiger partial charge in [0.2, 0.25) is 0 Å². The van der Waals surface area contributed by atoms with E-state index in [2.05, 4.69) is 22.1 Å². The van der Waals surface area contributed by atoms with Crippen LogP contribution in [0, 0.1) is 0 Å². The van der Waals surface area contributed by atoms with Crippen LogP contribution < -0.4 is 15.5 Å². The van der Waals surface area contributed by atoms with Crippen LogP contribution in [0.3, 0.4) is 0 Å². The summed E-state index contributed by atoms with van der Waals surface area (Å²) in [7, 11) is 1.96. The first kappa shape index (κ1) is 17.2. The molecule has 1 aromatic heterocycles. The van der Waals surface area contributed by atoms with Gasteiger partial charge in [-0.15, -0.1) is 0 Å². The highest BCUT2D eigenvalue weighted by Crippen LogP contribution is 2.11. The standard InChI is InChI=1S/C17H21N3O2S/c1-3-18-17(22)19-16(21)15(14-7-5-4-6-8-14)20(2)11-13-9-10-23-12-13/h4-10,12,15H,3,11H2,1-2H3,(H2,18,19,21,22)/p+1/t15-/m0/s1. The average molecular weight is 332 g/mol. The number of carbonyl (C=O) groups excluding carboxylic acids is 2. The van der Waals surface area contributed by atoms with Crippen molar-refractivity contribution >= 4 is 23.3 Å². The summed E-state index contributed by atoms with van der Waals surface area (Å²) < 4.78 is 0. The number of hydrogen-bond donors (Lipinski definition) is 3. The zero-order valence-corrected chi connectivity index (χ0v) is 14.2. The molecular formula is C17H22N3O2S+. The second-order valence-electron chi connectivity index (χ2n) is 5.35. The first-order chi connectivity index (χ1) is 11.1. The molecule has 0 spiro atoms. The molecule has 0 bridgehead atoms. The van der Waals surface area contributed by atoms with Gasteiger partial charge in [0.15, 0.2) is 6.04 Å². The van der Waals surface area contributed by atoms with Gasteiger partial charge in [0.1, 0.15) is 6.54 Å². The minimum Gasteiger partial charge on any atom is -0.338 e. The van der Waals surface area contributed by atoms with E-state index in [0.717, 1.165) is 10.5 Å². The zero-order valence-electron chi connectivity index (χ0n) is 13.3. The Labute approximate surface area is 140 Å². The highest BCUT2D eigenvalue weighted by atomic mass is 32.1. The molecule has 1 aromatic carbocycles. The second kappa shape index (κ2) is 8.45. The fraction of sp³-hybridized carbons (Fsp3) is 0.294. The lowest BCUT2D eigenvalue weighted by molar-refractivity contribution is -0.916. The molecular weight excluding hydrogens is 310 g/mol. The Bertz CT molecular complexity index is 629. The Kier molecular flexibility index (Phi) is 6.31. The molecule has 2 atom stereocenters. The number of hydrogen-bond acceptors (Lipinski definition) is 3. The van der Waals surface area contributed by atoms with E-state index in [1.165, 1.54) is 5.56 Å². The van der Waals surface area contributed by atoms with E-state index >= 15 is 0 Å². The van der Waals surface area contributed by atoms with Gasteiger partial charge in [-0.25, -0.2) is 4.79 Å². The molecule has 5 nitrogen and oxygen atoms in total. The number of carbonyl (C=O) groups is 2. The average Bonchev–Trinajstić information content (AvgIpc) is 3.01. The summed E-state index contributed by atoms with van der Waals surface area (Å²) in [6, 6.07) is 10.7. The smallest absolute Gasteiger partial charge is 0.321 e. The van der Waals surface area contributed by atoms with Gasteiger partial charge in [0.25, 0.3) is 5.91 Å². The number of rotatable bonds is 6. The highest BCUT2D eigenvalue weighted by Gasteiger charge is 2.30. The number of nitrogens with one attached hydrogen (secondary N) is 3. The second-order valence-corrected chi connectivity index (χ2v) is 6.13. The van der Waals surface area contributed by atoms with Crippen LogP contribution >= 0.6 is 11.3 Å². The van der Waals surface area contributed by atoms with E-state index in [0.29, 0.717) is 13.1 Å². The Hall–Kier alpha value is -2.18. The molecule has 0 radical (unpaired) electrons. The summed E-state index contributed by atoms with van der Waals surface area (Å²) in [5, 5.41) is 9.12. The maximum absolute atomic E-state index is 12.6. The van der Waals surface area contributed by atoms with E-state index < -0.39 is 12.1 Å². The molecule has 1 unspecified atom stereocenters. The number of likely N-dealkylation sites (N-methyl/N-ethyl adjacent to an activating group) is 1. The van der Waals surface area contributed by atoms with Gasteiger partial charge in [-0.2, -0.15) is 11.3 Å². The molecule has 0 saturated carbocycles. The summed E-state index contributed by atoms with van der Waals surface area (Å²) in [6.07, 6.45) is 0. The highest BCUT2D eigenvalue weighted by molar-refractivity contribution is 7.07. The van der Waals surface area contributed by atoms with Gasteiger partial charge >= 0.3 is 6.03 Å². The third-order valence-electron chi connectivity index (χ3n) is 3.53. The van der Waals surface area contributed by atoms with Gasteiger partial charge in [-0.1, -0.05) is 30.3 Å². The van der Waals surface area contributed by atoms with Crippen molar-refractivity contribution in [1.82, 2.24) is 10.6 Å². The molecule has 2 aromatic rings. The minimum absolute atomic E-state index is 0.296. The number of amides is 3. The fourth-order valence-corrected chi connectivity index (χ4v) is 3.18. The van der Waals surface area contributed by atoms with Crippen LogP contribution in [0.15, 0.2) is 47.2 Å². The van der Waals surface area contributed by atoms with Crippen LogP contribution in [-0.4, -0.2) is 25.5 Å². The number of imide groups is 1. The summed E-state index contributed by atoms with van der Waals surface area (Å²) in [6.45, 7) is 3.01. The lowest BCUT2D eigenvalue weighted by Crippen LogP contribution is -3.09. The molecule has 1 heterocycles. The Morgan fingerprint density at radius 2 is 1.96 bits per heavy atom. The number of benzene rings is 1. The molecule has 122 valence electrons. The molecule has 0 aliphatic rings. The van der Waals surface area contributed by atoms with Crippen LogP contribution in [0.4, 0.5) is 4.79 Å². The summed E-state index contributed by atoms with van der Waals surface area (Å²) in [5.74, 6) is -0.296. The van der Waals surface area contributed by atoms with Crippen molar-refractivity contribution in [3.05, 3.63) is 58.3 Å². The molecule has 2 rings (SSSR count). The quantitative estimate of drug-likeness (QED) is 0.748. The molecule has 0 aliphatic carbocycles. The van der Waals surface area contributed by atoms with E-state index in [1.807, 2.05) is 49.7 Å². The molecule has 0 saturated heterocycles. The molecule has 6 heteroatoms. The molecule has 3 N–H and O–H groups in total. The SMILES string of the molecule is CCNC(=O)NC(=O)[C@H](c1ccccc1)[NH+](C)Cc1ccsc1. The summed E-state index contributed by atoms with van der Waals surface area (Å²) in [5.41, 5.74) is 2.07. The lowest BCUT2D eigenvalue weighted by Gasteiger charge is -2.24. The third-order valence-corrected chi connectivity index (χ3v) is 4.26. The van der Waals surface area contributed by atoms with Crippen molar-refractivity contribution in [3.8, 4) is 0 Å². The van der Waals surface area contributed by atoms with Gasteiger partial charge in [-0.05, 0) is 23.8 Å². The molecule has 23 heavy (non-hydrogen) atoms. The third kappa shape index (κ3) is 4.91. The first-order valence-electron chi connectivity index (χ1n) is 7.58. The lowest BCUT2D eigenvalue weighted by atomic mass is 10.0. The van der Waals surface area contributed by atoms with Crippen LogP contribution in [0.25, 0.3) is 0 Å². The van der Waals surface area contributed by atoms with Gasteiger partial charge < -0.3 is 10.2 Å². The maximum atomic E-state index is 12.6. The maximum Gasteiger partial charge on any atom is 0.321 e. The molecule has 3 amide bonds. The Morgan fingerprint density at radius 3 is 2.57 bits per heavy atom. The van der Waals surface area contributed by atoms with E-state index in [-0.39, 0.29) is 5.91 Å². The summed E-state index contributed by atoms with van der Waals surface area (Å²) in [4.78, 5) is 25.3. The fourth-order valence-electron chi connectivity index (χ4n) is 2.51. The van der Waals surface area contributed by atoms with E-state index in [4.69, 9.17) is 0 Å². The van der Waals surface area contributed by atoms with Gasteiger partial charge in [0, 0.05) is 17.7 Å². The monoisotopic (exact) mass is 332 g/mol. The van der Waals surface area contributed by atoms with Crippen molar-refractivity contribution in [2.45, 2.75) is 19.5 Å². The largest absolute Gasteiger partial charge is 0.338 e. The van der Waals surface area contributed by atoms with Crippen molar-refractivity contribution in [2.75, 3.05) is 13.6 Å². The summed E-state index contributed by atoms with van der Waals surface area (Å²) >= 11 is 1.64. The minimum atomic E-state index is -0.457. The normalized spacial score (nSPS) is 13.1. The molecule has 0 aliphatic heterocycles. The van der Waals surface area contributed by atoms with E-state index in [1.54, 1.807) is 11.3 Å².